The number of carbonyl (C=O) groups excluding carboxylic acids is 4. The molecule has 1 fully saturated rings. The Hall–Kier alpha value is -3.68. The van der Waals surface area contributed by atoms with E-state index >= 15 is 0 Å². The van der Waals surface area contributed by atoms with Crippen molar-refractivity contribution in [2.75, 3.05) is 31.7 Å². The zero-order valence-electron chi connectivity index (χ0n) is 16.6. The third kappa shape index (κ3) is 5.02. The molecule has 0 aromatic heterocycles. The summed E-state index contributed by atoms with van der Waals surface area (Å²) in [6.07, 6.45) is 1.28. The first kappa shape index (κ1) is 21.0. The summed E-state index contributed by atoms with van der Waals surface area (Å²) in [5, 5.41) is 2.44. The van der Waals surface area contributed by atoms with Gasteiger partial charge in [0.05, 0.1) is 12.7 Å². The molecule has 8 heteroatoms. The lowest BCUT2D eigenvalue weighted by Gasteiger charge is -2.16. The Bertz CT molecular complexity index is 972. The van der Waals surface area contributed by atoms with Crippen molar-refractivity contribution in [3.05, 3.63) is 59.7 Å². The minimum Gasteiger partial charge on any atom is -0.496 e. The molecule has 2 amide bonds. The summed E-state index contributed by atoms with van der Waals surface area (Å²) >= 11 is 0. The zero-order chi connectivity index (χ0) is 21.5. The van der Waals surface area contributed by atoms with Crippen LogP contribution in [0.15, 0.2) is 48.5 Å². The van der Waals surface area contributed by atoms with Gasteiger partial charge in [0.15, 0.2) is 12.4 Å². The number of nitrogens with zero attached hydrogens (tertiary/aromatic N) is 1. The number of methoxy groups -OCH3 is 1. The van der Waals surface area contributed by atoms with E-state index < -0.39 is 24.3 Å². The first-order valence-electron chi connectivity index (χ1n) is 9.50. The fourth-order valence-corrected chi connectivity index (χ4v) is 3.13. The van der Waals surface area contributed by atoms with Gasteiger partial charge in [-0.25, -0.2) is 0 Å². The molecule has 0 unspecified atom stereocenters. The van der Waals surface area contributed by atoms with Crippen LogP contribution in [0.3, 0.4) is 0 Å². The van der Waals surface area contributed by atoms with Crippen LogP contribution in [-0.4, -0.2) is 50.4 Å². The first-order valence-corrected chi connectivity index (χ1v) is 9.50. The molecule has 1 saturated heterocycles. The third-order valence-corrected chi connectivity index (χ3v) is 4.66. The molecule has 8 nitrogen and oxygen atoms in total. The summed E-state index contributed by atoms with van der Waals surface area (Å²) in [4.78, 5) is 50.0. The molecular formula is C22H22N2O6. The predicted octanol–water partition coefficient (Wildman–Crippen LogP) is 1.98. The van der Waals surface area contributed by atoms with Gasteiger partial charge in [-0.3, -0.25) is 19.2 Å². The number of esters is 1. The Morgan fingerprint density at radius 2 is 1.90 bits per heavy atom. The van der Waals surface area contributed by atoms with Gasteiger partial charge in [0.2, 0.25) is 5.91 Å². The molecule has 30 heavy (non-hydrogen) atoms. The molecule has 0 saturated carbocycles. The molecule has 1 aliphatic heterocycles. The SMILES string of the molecule is COc1ccccc1C(=O)NCC(=O)OCC(=O)c1cccc(N2CCCC2=O)c1. The number of para-hydroxylation sites is 1. The minimum absolute atomic E-state index is 0.0248. The summed E-state index contributed by atoms with van der Waals surface area (Å²) in [6, 6.07) is 13.3. The van der Waals surface area contributed by atoms with Crippen LogP contribution in [0.2, 0.25) is 0 Å². The van der Waals surface area contributed by atoms with E-state index in [1.165, 1.54) is 7.11 Å². The zero-order valence-corrected chi connectivity index (χ0v) is 16.6. The maximum atomic E-state index is 12.4. The van der Waals surface area contributed by atoms with E-state index in [2.05, 4.69) is 5.32 Å². The largest absolute Gasteiger partial charge is 0.496 e. The van der Waals surface area contributed by atoms with Crippen molar-refractivity contribution in [2.45, 2.75) is 12.8 Å². The fraction of sp³-hybridized carbons (Fsp3) is 0.273. The molecule has 2 aromatic carbocycles. The van der Waals surface area contributed by atoms with E-state index in [4.69, 9.17) is 9.47 Å². The van der Waals surface area contributed by atoms with Gasteiger partial charge in [-0.2, -0.15) is 0 Å². The van der Waals surface area contributed by atoms with Gasteiger partial charge in [-0.15, -0.1) is 0 Å². The number of anilines is 1. The lowest BCUT2D eigenvalue weighted by molar-refractivity contribution is -0.141. The molecular weight excluding hydrogens is 388 g/mol. The van der Waals surface area contributed by atoms with Gasteiger partial charge in [-0.05, 0) is 30.7 Å². The highest BCUT2D eigenvalue weighted by Gasteiger charge is 2.22. The number of hydrogen-bond acceptors (Lipinski definition) is 6. The Morgan fingerprint density at radius 3 is 2.63 bits per heavy atom. The average molecular weight is 410 g/mol. The maximum Gasteiger partial charge on any atom is 0.325 e. The lowest BCUT2D eigenvalue weighted by atomic mass is 10.1. The van der Waals surface area contributed by atoms with Crippen LogP contribution in [0.25, 0.3) is 0 Å². The number of ketones is 1. The Kier molecular flexibility index (Phi) is 6.79. The molecule has 0 bridgehead atoms. The average Bonchev–Trinajstić information content (AvgIpc) is 3.21. The summed E-state index contributed by atoms with van der Waals surface area (Å²) in [6.45, 7) is -0.218. The highest BCUT2D eigenvalue weighted by molar-refractivity contribution is 6.01. The molecule has 3 rings (SSSR count). The van der Waals surface area contributed by atoms with Crippen molar-refractivity contribution in [1.82, 2.24) is 5.32 Å². The van der Waals surface area contributed by atoms with Crippen molar-refractivity contribution in [3.63, 3.8) is 0 Å². The van der Waals surface area contributed by atoms with Crippen molar-refractivity contribution < 1.29 is 28.7 Å². The second kappa shape index (κ2) is 9.69. The van der Waals surface area contributed by atoms with E-state index in [0.29, 0.717) is 30.0 Å². The smallest absolute Gasteiger partial charge is 0.325 e. The number of ether oxygens (including phenoxy) is 2. The van der Waals surface area contributed by atoms with Gasteiger partial charge < -0.3 is 19.7 Å². The van der Waals surface area contributed by atoms with Crippen LogP contribution in [0.5, 0.6) is 5.75 Å². The van der Waals surface area contributed by atoms with Crippen LogP contribution in [0.1, 0.15) is 33.6 Å². The van der Waals surface area contributed by atoms with Gasteiger partial charge in [0.25, 0.3) is 5.91 Å². The van der Waals surface area contributed by atoms with Crippen LogP contribution < -0.4 is 15.0 Å². The quantitative estimate of drug-likeness (QED) is 0.527. The fourth-order valence-electron chi connectivity index (χ4n) is 3.13. The number of hydrogen-bond donors (Lipinski definition) is 1. The first-order chi connectivity index (χ1) is 14.5. The van der Waals surface area contributed by atoms with Crippen molar-refractivity contribution in [2.24, 2.45) is 0 Å². The Balaban J connectivity index is 1.50. The predicted molar refractivity (Wildman–Crippen MR) is 109 cm³/mol. The van der Waals surface area contributed by atoms with E-state index in [1.807, 2.05) is 0 Å². The molecule has 2 aromatic rings. The second-order valence-corrected chi connectivity index (χ2v) is 6.67. The summed E-state index contributed by atoms with van der Waals surface area (Å²) < 4.78 is 10.1. The number of nitrogens with one attached hydrogen (secondary N) is 1. The van der Waals surface area contributed by atoms with Gasteiger partial charge >= 0.3 is 5.97 Å². The highest BCUT2D eigenvalue weighted by Crippen LogP contribution is 2.22. The lowest BCUT2D eigenvalue weighted by Crippen LogP contribution is -2.31. The minimum atomic E-state index is -0.738. The molecule has 1 aliphatic rings. The maximum absolute atomic E-state index is 12.4. The van der Waals surface area contributed by atoms with E-state index in [9.17, 15) is 19.2 Å². The number of Topliss-reactive ketones (excluding diaryl/α,β-unsaturated/α-hetero) is 1. The Labute approximate surface area is 173 Å². The van der Waals surface area contributed by atoms with E-state index in [0.717, 1.165) is 6.42 Å². The van der Waals surface area contributed by atoms with Crippen LogP contribution >= 0.6 is 0 Å². The van der Waals surface area contributed by atoms with Crippen LogP contribution in [-0.2, 0) is 14.3 Å². The van der Waals surface area contributed by atoms with Crippen LogP contribution in [0, 0.1) is 0 Å². The standard InChI is InChI=1S/C22H22N2O6/c1-29-19-9-3-2-8-17(19)22(28)23-13-21(27)30-14-18(25)15-6-4-7-16(12-15)24-11-5-10-20(24)26/h2-4,6-9,12H,5,10-11,13-14H2,1H3,(H,23,28). The Morgan fingerprint density at radius 1 is 1.10 bits per heavy atom. The van der Waals surface area contributed by atoms with Crippen molar-refractivity contribution in [3.8, 4) is 5.75 Å². The van der Waals surface area contributed by atoms with Gasteiger partial charge in [-0.1, -0.05) is 24.3 Å². The summed E-state index contributed by atoms with van der Waals surface area (Å²) in [5.41, 5.74) is 1.29. The second-order valence-electron chi connectivity index (χ2n) is 6.67. The molecule has 1 heterocycles. The number of benzene rings is 2. The summed E-state index contributed by atoms with van der Waals surface area (Å²) in [5.74, 6) is -1.21. The summed E-state index contributed by atoms with van der Waals surface area (Å²) in [7, 11) is 1.45. The van der Waals surface area contributed by atoms with Crippen molar-refractivity contribution in [1.29, 1.82) is 0 Å². The molecule has 156 valence electrons. The molecule has 0 atom stereocenters. The topological polar surface area (TPSA) is 102 Å². The van der Waals surface area contributed by atoms with Gasteiger partial charge in [0.1, 0.15) is 12.3 Å². The molecule has 1 N–H and O–H groups in total. The normalized spacial score (nSPS) is 13.1. The monoisotopic (exact) mass is 410 g/mol. The van der Waals surface area contributed by atoms with E-state index in [-0.39, 0.29) is 18.0 Å². The van der Waals surface area contributed by atoms with E-state index in [1.54, 1.807) is 53.4 Å². The van der Waals surface area contributed by atoms with Crippen molar-refractivity contribution >= 4 is 29.3 Å². The molecule has 0 radical (unpaired) electrons. The van der Waals surface area contributed by atoms with Gasteiger partial charge in [0, 0.05) is 24.2 Å². The third-order valence-electron chi connectivity index (χ3n) is 4.66. The highest BCUT2D eigenvalue weighted by atomic mass is 16.5. The molecule has 0 aliphatic carbocycles. The number of amides is 2. The number of carbonyl (C=O) groups is 4. The molecule has 0 spiro atoms. The van der Waals surface area contributed by atoms with Crippen LogP contribution in [0.4, 0.5) is 5.69 Å². The number of rotatable bonds is 8.